The van der Waals surface area contributed by atoms with Gasteiger partial charge in [-0.05, 0) is 58.2 Å². The first-order valence-corrected chi connectivity index (χ1v) is 7.80. The number of hydrogen-bond acceptors (Lipinski definition) is 2. The monoisotopic (exact) mass is 271 g/mol. The van der Waals surface area contributed by atoms with Gasteiger partial charge in [-0.2, -0.15) is 0 Å². The van der Waals surface area contributed by atoms with Gasteiger partial charge in [0.15, 0.2) is 0 Å². The highest BCUT2D eigenvalue weighted by atomic mass is 15.2. The third-order valence-electron chi connectivity index (χ3n) is 4.76. The minimum Gasteiger partial charge on any atom is -0.341 e. The maximum absolute atomic E-state index is 4.80. The predicted octanol–water partition coefficient (Wildman–Crippen LogP) is 4.20. The summed E-state index contributed by atoms with van der Waals surface area (Å²) in [4.78, 5) is 10.9. The molecule has 1 aromatic heterocycles. The van der Waals surface area contributed by atoms with Crippen LogP contribution in [0, 0.1) is 6.92 Å². The van der Waals surface area contributed by atoms with Crippen LogP contribution in [-0.2, 0) is 0 Å². The molecule has 3 heteroatoms. The van der Waals surface area contributed by atoms with Crippen LogP contribution in [0.1, 0.15) is 57.5 Å². The average Bonchev–Trinajstić information content (AvgIpc) is 2.81. The van der Waals surface area contributed by atoms with Crippen molar-refractivity contribution in [2.75, 3.05) is 0 Å². The highest BCUT2D eigenvalue weighted by molar-refractivity contribution is 5.75. The molecule has 1 aliphatic heterocycles. The van der Waals surface area contributed by atoms with Crippen LogP contribution in [0.15, 0.2) is 18.2 Å². The maximum atomic E-state index is 4.80. The molecule has 3 atom stereocenters. The molecule has 3 rings (SSSR count). The SMILES string of the molecule is Cc1ccc2nc(C(C)N3C(C)CCCC3C)[nH]c2c1. The van der Waals surface area contributed by atoms with Crippen LogP contribution in [0.2, 0.25) is 0 Å². The van der Waals surface area contributed by atoms with Gasteiger partial charge in [-0.3, -0.25) is 4.90 Å². The molecule has 0 amide bonds. The summed E-state index contributed by atoms with van der Waals surface area (Å²) in [6.07, 6.45) is 3.95. The number of fused-ring (bicyclic) bond motifs is 1. The molecular formula is C17H25N3. The fraction of sp³-hybridized carbons (Fsp3) is 0.588. The van der Waals surface area contributed by atoms with Gasteiger partial charge < -0.3 is 4.98 Å². The van der Waals surface area contributed by atoms with Crippen molar-refractivity contribution < 1.29 is 0 Å². The average molecular weight is 271 g/mol. The zero-order chi connectivity index (χ0) is 14.3. The van der Waals surface area contributed by atoms with E-state index in [0.717, 1.165) is 16.9 Å². The minimum absolute atomic E-state index is 0.355. The van der Waals surface area contributed by atoms with Crippen molar-refractivity contribution in [1.29, 1.82) is 0 Å². The lowest BCUT2D eigenvalue weighted by Crippen LogP contribution is -2.45. The molecule has 0 bridgehead atoms. The molecule has 0 aliphatic carbocycles. The Kier molecular flexibility index (Phi) is 3.55. The summed E-state index contributed by atoms with van der Waals surface area (Å²) in [5.41, 5.74) is 3.51. The number of benzene rings is 1. The Labute approximate surface area is 121 Å². The lowest BCUT2D eigenvalue weighted by atomic mass is 9.95. The van der Waals surface area contributed by atoms with Gasteiger partial charge in [-0.15, -0.1) is 0 Å². The number of hydrogen-bond donors (Lipinski definition) is 1. The van der Waals surface area contributed by atoms with Crippen LogP contribution in [0.25, 0.3) is 11.0 Å². The summed E-state index contributed by atoms with van der Waals surface area (Å²) in [5.74, 6) is 1.10. The Morgan fingerprint density at radius 1 is 1.25 bits per heavy atom. The summed E-state index contributed by atoms with van der Waals surface area (Å²) in [6, 6.07) is 8.06. The molecule has 20 heavy (non-hydrogen) atoms. The zero-order valence-electron chi connectivity index (χ0n) is 13.0. The van der Waals surface area contributed by atoms with Gasteiger partial charge in [0.1, 0.15) is 5.82 Å². The van der Waals surface area contributed by atoms with Crippen molar-refractivity contribution in [3.05, 3.63) is 29.6 Å². The second kappa shape index (κ2) is 5.21. The van der Waals surface area contributed by atoms with E-state index < -0.39 is 0 Å². The first-order chi connectivity index (χ1) is 9.56. The number of piperidine rings is 1. The number of nitrogens with zero attached hydrogens (tertiary/aromatic N) is 2. The largest absolute Gasteiger partial charge is 0.341 e. The number of likely N-dealkylation sites (tertiary alicyclic amines) is 1. The molecule has 2 heterocycles. The number of nitrogens with one attached hydrogen (secondary N) is 1. The molecule has 3 nitrogen and oxygen atoms in total. The summed E-state index contributed by atoms with van der Waals surface area (Å²) >= 11 is 0. The summed E-state index contributed by atoms with van der Waals surface area (Å²) in [5, 5.41) is 0. The molecule has 0 spiro atoms. The molecule has 2 aromatic rings. The summed E-state index contributed by atoms with van der Waals surface area (Å²) < 4.78 is 0. The molecule has 1 N–H and O–H groups in total. The van der Waals surface area contributed by atoms with Crippen molar-refractivity contribution >= 4 is 11.0 Å². The Morgan fingerprint density at radius 2 is 1.95 bits per heavy atom. The molecule has 1 aromatic carbocycles. The van der Waals surface area contributed by atoms with E-state index in [2.05, 4.69) is 55.8 Å². The highest BCUT2D eigenvalue weighted by Crippen LogP contribution is 2.31. The van der Waals surface area contributed by atoms with Crippen molar-refractivity contribution in [1.82, 2.24) is 14.9 Å². The van der Waals surface area contributed by atoms with Crippen LogP contribution in [0.5, 0.6) is 0 Å². The predicted molar refractivity (Wildman–Crippen MR) is 83.9 cm³/mol. The van der Waals surface area contributed by atoms with E-state index in [4.69, 9.17) is 4.98 Å². The smallest absolute Gasteiger partial charge is 0.124 e. The molecule has 0 radical (unpaired) electrons. The van der Waals surface area contributed by atoms with Crippen LogP contribution < -0.4 is 0 Å². The van der Waals surface area contributed by atoms with Crippen LogP contribution in [0.3, 0.4) is 0 Å². The molecule has 108 valence electrons. The van der Waals surface area contributed by atoms with E-state index in [9.17, 15) is 0 Å². The Bertz CT molecular complexity index is 591. The Hall–Kier alpha value is -1.35. The van der Waals surface area contributed by atoms with Crippen molar-refractivity contribution in [3.63, 3.8) is 0 Å². The van der Waals surface area contributed by atoms with Crippen molar-refractivity contribution in [3.8, 4) is 0 Å². The standard InChI is InChI=1S/C17H25N3/c1-11-8-9-15-16(10-11)19-17(18-15)14(4)20-12(2)6-5-7-13(20)3/h8-10,12-14H,5-7H2,1-4H3,(H,18,19). The minimum atomic E-state index is 0.355. The lowest BCUT2D eigenvalue weighted by molar-refractivity contribution is 0.0590. The van der Waals surface area contributed by atoms with Crippen LogP contribution in [-0.4, -0.2) is 27.0 Å². The van der Waals surface area contributed by atoms with Gasteiger partial charge in [0.2, 0.25) is 0 Å². The first-order valence-electron chi connectivity index (χ1n) is 7.80. The fourth-order valence-corrected chi connectivity index (χ4v) is 3.69. The van der Waals surface area contributed by atoms with E-state index in [1.165, 1.54) is 24.8 Å². The van der Waals surface area contributed by atoms with Gasteiger partial charge in [0.05, 0.1) is 17.1 Å². The maximum Gasteiger partial charge on any atom is 0.124 e. The second-order valence-electron chi connectivity index (χ2n) is 6.39. The fourth-order valence-electron chi connectivity index (χ4n) is 3.69. The molecular weight excluding hydrogens is 246 g/mol. The summed E-state index contributed by atoms with van der Waals surface area (Å²) in [6.45, 7) is 9.10. The van der Waals surface area contributed by atoms with E-state index in [-0.39, 0.29) is 0 Å². The quantitative estimate of drug-likeness (QED) is 0.888. The normalized spacial score (nSPS) is 26.0. The summed E-state index contributed by atoms with van der Waals surface area (Å²) in [7, 11) is 0. The third kappa shape index (κ3) is 2.35. The third-order valence-corrected chi connectivity index (χ3v) is 4.76. The molecule has 1 aliphatic rings. The molecule has 1 fully saturated rings. The second-order valence-corrected chi connectivity index (χ2v) is 6.39. The number of rotatable bonds is 2. The molecule has 0 saturated carbocycles. The zero-order valence-corrected chi connectivity index (χ0v) is 13.0. The van der Waals surface area contributed by atoms with Crippen molar-refractivity contribution in [2.45, 2.75) is 65.1 Å². The molecule has 3 unspecified atom stereocenters. The van der Waals surface area contributed by atoms with E-state index in [1.807, 2.05) is 0 Å². The lowest BCUT2D eigenvalue weighted by Gasteiger charge is -2.42. The number of aromatic amines is 1. The Balaban J connectivity index is 1.93. The van der Waals surface area contributed by atoms with Gasteiger partial charge in [0.25, 0.3) is 0 Å². The number of aromatic nitrogens is 2. The number of H-pyrrole nitrogens is 1. The van der Waals surface area contributed by atoms with Gasteiger partial charge >= 0.3 is 0 Å². The van der Waals surface area contributed by atoms with E-state index in [0.29, 0.717) is 18.1 Å². The van der Waals surface area contributed by atoms with Crippen LogP contribution >= 0.6 is 0 Å². The highest BCUT2D eigenvalue weighted by Gasteiger charge is 2.30. The molecule has 1 saturated heterocycles. The van der Waals surface area contributed by atoms with Gasteiger partial charge in [0, 0.05) is 12.1 Å². The van der Waals surface area contributed by atoms with Gasteiger partial charge in [-0.1, -0.05) is 12.5 Å². The van der Waals surface area contributed by atoms with E-state index in [1.54, 1.807) is 0 Å². The first kappa shape index (κ1) is 13.6. The number of imidazole rings is 1. The number of aryl methyl sites for hydroxylation is 1. The van der Waals surface area contributed by atoms with E-state index >= 15 is 0 Å². The Morgan fingerprint density at radius 3 is 2.65 bits per heavy atom. The van der Waals surface area contributed by atoms with Gasteiger partial charge in [-0.25, -0.2) is 4.98 Å². The van der Waals surface area contributed by atoms with Crippen molar-refractivity contribution in [2.24, 2.45) is 0 Å². The topological polar surface area (TPSA) is 31.9 Å². The van der Waals surface area contributed by atoms with Crippen LogP contribution in [0.4, 0.5) is 0 Å².